The predicted molar refractivity (Wildman–Crippen MR) is 128 cm³/mol. The number of hydrogen-bond acceptors (Lipinski definition) is 3. The summed E-state index contributed by atoms with van der Waals surface area (Å²) >= 11 is 0. The molecule has 3 heteroatoms. The van der Waals surface area contributed by atoms with Gasteiger partial charge in [0, 0.05) is 32.7 Å². The summed E-state index contributed by atoms with van der Waals surface area (Å²) in [6.07, 6.45) is 3.13. The van der Waals surface area contributed by atoms with Crippen LogP contribution in [0, 0.1) is 5.41 Å². The van der Waals surface area contributed by atoms with Crippen molar-refractivity contribution in [3.63, 3.8) is 0 Å². The van der Waals surface area contributed by atoms with Crippen LogP contribution < -0.4 is 16.4 Å². The van der Waals surface area contributed by atoms with Crippen LogP contribution in [-0.2, 0) is 19.3 Å². The zero-order valence-electron chi connectivity index (χ0n) is 17.9. The number of nitrogens with one attached hydrogen (secondary N) is 2. The molecule has 3 aromatic rings. The maximum absolute atomic E-state index is 5.59. The van der Waals surface area contributed by atoms with E-state index in [9.17, 15) is 0 Å². The molecule has 3 nitrogen and oxygen atoms in total. The molecule has 0 spiro atoms. The molecule has 3 rings (SSSR count). The molecule has 0 unspecified atom stereocenters. The van der Waals surface area contributed by atoms with Crippen molar-refractivity contribution in [1.82, 2.24) is 10.6 Å². The van der Waals surface area contributed by atoms with Gasteiger partial charge >= 0.3 is 0 Å². The molecule has 0 saturated heterocycles. The first-order valence-electron chi connectivity index (χ1n) is 11.0. The molecule has 0 aliphatic heterocycles. The molecule has 0 radical (unpaired) electrons. The van der Waals surface area contributed by atoms with Crippen molar-refractivity contribution in [2.24, 2.45) is 11.1 Å². The summed E-state index contributed by atoms with van der Waals surface area (Å²) in [5.74, 6) is 0. The van der Waals surface area contributed by atoms with E-state index in [0.29, 0.717) is 6.54 Å². The summed E-state index contributed by atoms with van der Waals surface area (Å²) in [6, 6.07) is 32.7. The zero-order valence-corrected chi connectivity index (χ0v) is 17.9. The smallest absolute Gasteiger partial charge is 0.00772 e. The summed E-state index contributed by atoms with van der Waals surface area (Å²) in [6.45, 7) is 4.40. The van der Waals surface area contributed by atoms with Crippen LogP contribution in [0.25, 0.3) is 0 Å². The van der Waals surface area contributed by atoms with E-state index in [1.165, 1.54) is 16.7 Å². The Bertz CT molecular complexity index is 717. The van der Waals surface area contributed by atoms with E-state index in [0.717, 1.165) is 45.4 Å². The molecule has 0 saturated carbocycles. The molecule has 0 amide bonds. The summed E-state index contributed by atoms with van der Waals surface area (Å²) < 4.78 is 0. The molecule has 0 aliphatic carbocycles. The lowest BCUT2D eigenvalue weighted by molar-refractivity contribution is 0.263. The number of nitrogens with two attached hydrogens (primary N) is 1. The first-order valence-corrected chi connectivity index (χ1v) is 11.0. The molecule has 4 N–H and O–H groups in total. The van der Waals surface area contributed by atoms with Crippen LogP contribution in [-0.4, -0.2) is 32.7 Å². The van der Waals surface area contributed by atoms with E-state index in [2.05, 4.69) is 102 Å². The largest absolute Gasteiger partial charge is 0.329 e. The average molecular weight is 402 g/mol. The second-order valence-corrected chi connectivity index (χ2v) is 8.20. The Morgan fingerprint density at radius 3 is 1.33 bits per heavy atom. The van der Waals surface area contributed by atoms with Gasteiger partial charge in [-0.3, -0.25) is 0 Å². The second kappa shape index (κ2) is 12.3. The van der Waals surface area contributed by atoms with E-state index in [1.807, 2.05) is 0 Å². The zero-order chi connectivity index (χ0) is 20.9. The van der Waals surface area contributed by atoms with Crippen LogP contribution in [0.2, 0.25) is 0 Å². The highest BCUT2D eigenvalue weighted by molar-refractivity contribution is 5.24. The fourth-order valence-corrected chi connectivity index (χ4v) is 4.22. The van der Waals surface area contributed by atoms with Gasteiger partial charge < -0.3 is 16.4 Å². The minimum atomic E-state index is 0.0952. The SMILES string of the molecule is NCCNCCNCC(Cc1ccccc1)(Cc1ccccc1)Cc1ccccc1. The van der Waals surface area contributed by atoms with Gasteiger partial charge in [-0.25, -0.2) is 0 Å². The third kappa shape index (κ3) is 7.42. The maximum atomic E-state index is 5.59. The van der Waals surface area contributed by atoms with Crippen molar-refractivity contribution >= 4 is 0 Å². The Kier molecular flexibility index (Phi) is 9.10. The molecule has 158 valence electrons. The lowest BCUT2D eigenvalue weighted by atomic mass is 9.72. The van der Waals surface area contributed by atoms with Gasteiger partial charge in [0.15, 0.2) is 0 Å². The van der Waals surface area contributed by atoms with Crippen molar-refractivity contribution in [2.45, 2.75) is 19.3 Å². The van der Waals surface area contributed by atoms with E-state index < -0.39 is 0 Å². The van der Waals surface area contributed by atoms with Crippen molar-refractivity contribution in [1.29, 1.82) is 0 Å². The quantitative estimate of drug-likeness (QED) is 0.382. The van der Waals surface area contributed by atoms with E-state index in [-0.39, 0.29) is 5.41 Å². The minimum Gasteiger partial charge on any atom is -0.329 e. The molecular weight excluding hydrogens is 366 g/mol. The third-order valence-corrected chi connectivity index (χ3v) is 5.57. The number of hydrogen-bond donors (Lipinski definition) is 3. The molecule has 30 heavy (non-hydrogen) atoms. The highest BCUT2D eigenvalue weighted by atomic mass is 15.0. The molecule has 0 aromatic heterocycles. The Morgan fingerprint density at radius 1 is 0.533 bits per heavy atom. The number of benzene rings is 3. The molecule has 3 aromatic carbocycles. The monoisotopic (exact) mass is 401 g/mol. The highest BCUT2D eigenvalue weighted by Crippen LogP contribution is 2.32. The van der Waals surface area contributed by atoms with Gasteiger partial charge in [-0.05, 0) is 41.4 Å². The lowest BCUT2D eigenvalue weighted by Crippen LogP contribution is -2.42. The van der Waals surface area contributed by atoms with Gasteiger partial charge in [0.25, 0.3) is 0 Å². The number of rotatable bonds is 13. The molecule has 0 fully saturated rings. The Morgan fingerprint density at radius 2 is 0.933 bits per heavy atom. The summed E-state index contributed by atoms with van der Waals surface area (Å²) in [7, 11) is 0. The predicted octanol–water partition coefficient (Wildman–Crippen LogP) is 3.84. The normalized spacial score (nSPS) is 11.5. The van der Waals surface area contributed by atoms with Crippen molar-refractivity contribution < 1.29 is 0 Å². The van der Waals surface area contributed by atoms with E-state index in [4.69, 9.17) is 5.73 Å². The van der Waals surface area contributed by atoms with Crippen molar-refractivity contribution in [3.05, 3.63) is 108 Å². The molecule has 0 aliphatic rings. The van der Waals surface area contributed by atoms with Gasteiger partial charge in [-0.15, -0.1) is 0 Å². The highest BCUT2D eigenvalue weighted by Gasteiger charge is 2.31. The fourth-order valence-electron chi connectivity index (χ4n) is 4.22. The molecular formula is C27H35N3. The Labute approximate surface area is 181 Å². The summed E-state index contributed by atoms with van der Waals surface area (Å²) in [4.78, 5) is 0. The topological polar surface area (TPSA) is 50.1 Å². The van der Waals surface area contributed by atoms with Crippen LogP contribution in [0.3, 0.4) is 0 Å². The first-order chi connectivity index (χ1) is 14.8. The standard InChI is InChI=1S/C27H35N3/c28-16-17-29-18-19-30-23-27(20-24-10-4-1-5-11-24,21-25-12-6-2-7-13-25)22-26-14-8-3-9-15-26/h1-15,29-30H,16-23,28H2. The first kappa shape index (κ1) is 22.2. The average Bonchev–Trinajstić information content (AvgIpc) is 2.78. The Hall–Kier alpha value is -2.46. The molecule has 0 heterocycles. The van der Waals surface area contributed by atoms with Crippen LogP contribution in [0.1, 0.15) is 16.7 Å². The molecule has 0 bridgehead atoms. The van der Waals surface area contributed by atoms with Gasteiger partial charge in [0.1, 0.15) is 0 Å². The van der Waals surface area contributed by atoms with Crippen LogP contribution in [0.4, 0.5) is 0 Å². The van der Waals surface area contributed by atoms with Crippen molar-refractivity contribution in [2.75, 3.05) is 32.7 Å². The maximum Gasteiger partial charge on any atom is 0.00772 e. The van der Waals surface area contributed by atoms with Gasteiger partial charge in [-0.2, -0.15) is 0 Å². The molecule has 0 atom stereocenters. The second-order valence-electron chi connectivity index (χ2n) is 8.20. The minimum absolute atomic E-state index is 0.0952. The summed E-state index contributed by atoms with van der Waals surface area (Å²) in [5.41, 5.74) is 9.87. The fraction of sp³-hybridized carbons (Fsp3) is 0.333. The van der Waals surface area contributed by atoms with Crippen LogP contribution in [0.15, 0.2) is 91.0 Å². The third-order valence-electron chi connectivity index (χ3n) is 5.57. The van der Waals surface area contributed by atoms with Gasteiger partial charge in [-0.1, -0.05) is 91.0 Å². The van der Waals surface area contributed by atoms with E-state index in [1.54, 1.807) is 0 Å². The van der Waals surface area contributed by atoms with Gasteiger partial charge in [0.05, 0.1) is 0 Å². The van der Waals surface area contributed by atoms with Gasteiger partial charge in [0.2, 0.25) is 0 Å². The Balaban J connectivity index is 1.82. The lowest BCUT2D eigenvalue weighted by Gasteiger charge is -2.35. The summed E-state index contributed by atoms with van der Waals surface area (Å²) in [5, 5.41) is 7.13. The van der Waals surface area contributed by atoms with Crippen LogP contribution >= 0.6 is 0 Å². The van der Waals surface area contributed by atoms with Crippen molar-refractivity contribution in [3.8, 4) is 0 Å². The van der Waals surface area contributed by atoms with Crippen LogP contribution in [0.5, 0.6) is 0 Å². The van der Waals surface area contributed by atoms with E-state index >= 15 is 0 Å².